The molecule has 0 aliphatic heterocycles. The Morgan fingerprint density at radius 2 is 1.43 bits per heavy atom. The van der Waals surface area contributed by atoms with Crippen molar-refractivity contribution in [2.45, 2.75) is 20.1 Å². The van der Waals surface area contributed by atoms with Gasteiger partial charge in [-0.1, -0.05) is 48.6 Å². The second kappa shape index (κ2) is 8.81. The fourth-order valence-corrected chi connectivity index (χ4v) is 2.04. The summed E-state index contributed by atoms with van der Waals surface area (Å²) >= 11 is 0. The van der Waals surface area contributed by atoms with Crippen molar-refractivity contribution in [3.8, 4) is 11.5 Å². The molecule has 2 aromatic rings. The molecule has 23 heavy (non-hydrogen) atoms. The monoisotopic (exact) mass is 310 g/mol. The van der Waals surface area contributed by atoms with Crippen LogP contribution >= 0.6 is 0 Å². The minimum Gasteiger partial charge on any atom is -0.508 e. The molecule has 0 saturated heterocycles. The summed E-state index contributed by atoms with van der Waals surface area (Å²) in [5, 5.41) is 9.23. The molecule has 0 saturated carbocycles. The van der Waals surface area contributed by atoms with E-state index in [9.17, 15) is 5.11 Å². The van der Waals surface area contributed by atoms with E-state index >= 15 is 0 Å². The van der Waals surface area contributed by atoms with Crippen molar-refractivity contribution in [1.29, 1.82) is 0 Å². The van der Waals surface area contributed by atoms with Gasteiger partial charge in [0.2, 0.25) is 0 Å². The van der Waals surface area contributed by atoms with Crippen LogP contribution in [-0.2, 0) is 4.74 Å². The summed E-state index contributed by atoms with van der Waals surface area (Å²) < 4.78 is 11.0. The van der Waals surface area contributed by atoms with Gasteiger partial charge < -0.3 is 14.6 Å². The zero-order valence-corrected chi connectivity index (χ0v) is 13.5. The number of rotatable bonds is 7. The summed E-state index contributed by atoms with van der Waals surface area (Å²) in [4.78, 5) is 0. The van der Waals surface area contributed by atoms with Gasteiger partial charge in [0.05, 0.1) is 0 Å². The highest BCUT2D eigenvalue weighted by Gasteiger charge is 2.01. The zero-order valence-electron chi connectivity index (χ0n) is 13.5. The number of phenols is 1. The number of hydrogen-bond donors (Lipinski definition) is 1. The molecule has 0 radical (unpaired) electrons. The van der Waals surface area contributed by atoms with Crippen LogP contribution in [0.15, 0.2) is 60.7 Å². The predicted octanol–water partition coefficient (Wildman–Crippen LogP) is 4.88. The molecule has 0 aliphatic carbocycles. The molecule has 2 aromatic carbocycles. The van der Waals surface area contributed by atoms with E-state index in [0.29, 0.717) is 6.61 Å². The van der Waals surface area contributed by atoms with Crippen LogP contribution in [0.25, 0.3) is 12.2 Å². The Balaban J connectivity index is 1.88. The van der Waals surface area contributed by atoms with E-state index in [1.54, 1.807) is 12.1 Å². The van der Waals surface area contributed by atoms with Gasteiger partial charge in [-0.2, -0.15) is 0 Å². The van der Waals surface area contributed by atoms with Crippen molar-refractivity contribution < 1.29 is 14.6 Å². The third-order valence-electron chi connectivity index (χ3n) is 3.17. The van der Waals surface area contributed by atoms with E-state index in [-0.39, 0.29) is 12.0 Å². The quantitative estimate of drug-likeness (QED) is 0.585. The SMILES string of the molecule is CCOC(C)Oc1ccc(C=CC=Cc2ccc(O)cc2)cc1. The molecular weight excluding hydrogens is 288 g/mol. The average Bonchev–Trinajstić information content (AvgIpc) is 2.55. The molecule has 0 aromatic heterocycles. The number of phenolic OH excluding ortho intramolecular Hbond substituents is 1. The smallest absolute Gasteiger partial charge is 0.196 e. The molecule has 0 spiro atoms. The van der Waals surface area contributed by atoms with E-state index in [2.05, 4.69) is 0 Å². The first-order chi connectivity index (χ1) is 11.2. The maximum Gasteiger partial charge on any atom is 0.196 e. The van der Waals surface area contributed by atoms with E-state index in [1.165, 1.54) is 0 Å². The van der Waals surface area contributed by atoms with Crippen LogP contribution in [-0.4, -0.2) is 18.0 Å². The Morgan fingerprint density at radius 1 is 0.913 bits per heavy atom. The number of aromatic hydroxyl groups is 1. The zero-order chi connectivity index (χ0) is 16.5. The summed E-state index contributed by atoms with van der Waals surface area (Å²) in [6.07, 6.45) is 7.71. The predicted molar refractivity (Wildman–Crippen MR) is 94.3 cm³/mol. The molecule has 1 unspecified atom stereocenters. The molecule has 2 rings (SSSR count). The summed E-state index contributed by atoms with van der Waals surface area (Å²) in [5.41, 5.74) is 2.14. The van der Waals surface area contributed by atoms with Crippen LogP contribution in [0.2, 0.25) is 0 Å². The average molecular weight is 310 g/mol. The highest BCUT2D eigenvalue weighted by Crippen LogP contribution is 2.15. The highest BCUT2D eigenvalue weighted by atomic mass is 16.7. The van der Waals surface area contributed by atoms with Crippen LogP contribution in [0.4, 0.5) is 0 Å². The second-order valence-corrected chi connectivity index (χ2v) is 5.02. The molecule has 0 fully saturated rings. The van der Waals surface area contributed by atoms with E-state index in [1.807, 2.05) is 74.5 Å². The van der Waals surface area contributed by atoms with Crippen molar-refractivity contribution in [1.82, 2.24) is 0 Å². The first-order valence-electron chi connectivity index (χ1n) is 7.69. The normalized spacial score (nSPS) is 12.8. The van der Waals surface area contributed by atoms with E-state index < -0.39 is 0 Å². The number of allylic oxidation sites excluding steroid dienone is 2. The summed E-state index contributed by atoms with van der Waals surface area (Å²) in [5.74, 6) is 1.07. The van der Waals surface area contributed by atoms with Crippen LogP contribution in [0.3, 0.4) is 0 Å². The van der Waals surface area contributed by atoms with Gasteiger partial charge in [-0.05, 0) is 49.2 Å². The third-order valence-corrected chi connectivity index (χ3v) is 3.17. The van der Waals surface area contributed by atoms with Gasteiger partial charge in [-0.25, -0.2) is 0 Å². The minimum atomic E-state index is -0.241. The van der Waals surface area contributed by atoms with E-state index in [0.717, 1.165) is 16.9 Å². The molecule has 3 heteroatoms. The lowest BCUT2D eigenvalue weighted by Crippen LogP contribution is -2.15. The number of benzene rings is 2. The van der Waals surface area contributed by atoms with Gasteiger partial charge in [0.15, 0.2) is 6.29 Å². The molecule has 0 heterocycles. The fourth-order valence-electron chi connectivity index (χ4n) is 2.04. The maximum absolute atomic E-state index is 9.23. The molecule has 120 valence electrons. The number of ether oxygens (including phenoxy) is 2. The lowest BCUT2D eigenvalue weighted by molar-refractivity contribution is -0.0613. The molecule has 0 amide bonds. The summed E-state index contributed by atoms with van der Waals surface area (Å²) in [7, 11) is 0. The Morgan fingerprint density at radius 3 is 1.96 bits per heavy atom. The van der Waals surface area contributed by atoms with Gasteiger partial charge in [-0.15, -0.1) is 0 Å². The second-order valence-electron chi connectivity index (χ2n) is 5.02. The Hall–Kier alpha value is -2.52. The Bertz CT molecular complexity index is 640. The van der Waals surface area contributed by atoms with Crippen molar-refractivity contribution in [3.05, 3.63) is 71.8 Å². The maximum atomic E-state index is 9.23. The lowest BCUT2D eigenvalue weighted by Gasteiger charge is -2.14. The molecule has 1 atom stereocenters. The first-order valence-corrected chi connectivity index (χ1v) is 7.69. The number of hydrogen-bond acceptors (Lipinski definition) is 3. The molecule has 1 N–H and O–H groups in total. The van der Waals surface area contributed by atoms with Crippen molar-refractivity contribution in [2.75, 3.05) is 6.61 Å². The molecule has 0 aliphatic rings. The minimum absolute atomic E-state index is 0.241. The molecular formula is C20H22O3. The van der Waals surface area contributed by atoms with Crippen molar-refractivity contribution in [2.24, 2.45) is 0 Å². The summed E-state index contributed by atoms with van der Waals surface area (Å²) in [6.45, 7) is 4.46. The molecule has 0 bridgehead atoms. The van der Waals surface area contributed by atoms with Crippen LogP contribution in [0.1, 0.15) is 25.0 Å². The van der Waals surface area contributed by atoms with Gasteiger partial charge >= 0.3 is 0 Å². The van der Waals surface area contributed by atoms with Gasteiger partial charge in [-0.3, -0.25) is 0 Å². The molecule has 3 nitrogen and oxygen atoms in total. The van der Waals surface area contributed by atoms with Crippen molar-refractivity contribution >= 4 is 12.2 Å². The topological polar surface area (TPSA) is 38.7 Å². The van der Waals surface area contributed by atoms with Gasteiger partial charge in [0, 0.05) is 6.61 Å². The lowest BCUT2D eigenvalue weighted by atomic mass is 10.2. The Kier molecular flexibility index (Phi) is 6.45. The Labute approximate surface area is 137 Å². The van der Waals surface area contributed by atoms with Crippen LogP contribution < -0.4 is 4.74 Å². The third kappa shape index (κ3) is 6.01. The van der Waals surface area contributed by atoms with Gasteiger partial charge in [0.1, 0.15) is 11.5 Å². The standard InChI is InChI=1S/C20H22O3/c1-3-22-16(2)23-20-14-10-18(11-15-20)7-5-4-6-17-8-12-19(21)13-9-17/h4-16,21H,3H2,1-2H3. The van der Waals surface area contributed by atoms with Crippen LogP contribution in [0, 0.1) is 0 Å². The fraction of sp³-hybridized carbons (Fsp3) is 0.200. The first kappa shape index (κ1) is 16.8. The highest BCUT2D eigenvalue weighted by molar-refractivity contribution is 5.57. The summed E-state index contributed by atoms with van der Waals surface area (Å²) in [6, 6.07) is 14.9. The van der Waals surface area contributed by atoms with Crippen LogP contribution in [0.5, 0.6) is 11.5 Å². The van der Waals surface area contributed by atoms with Gasteiger partial charge in [0.25, 0.3) is 0 Å². The largest absolute Gasteiger partial charge is 0.508 e. The van der Waals surface area contributed by atoms with E-state index in [4.69, 9.17) is 9.47 Å². The van der Waals surface area contributed by atoms with Crippen molar-refractivity contribution in [3.63, 3.8) is 0 Å².